The van der Waals surface area contributed by atoms with Crippen LogP contribution >= 0.6 is 12.2 Å². The second-order valence-corrected chi connectivity index (χ2v) is 4.27. The van der Waals surface area contributed by atoms with Crippen LogP contribution in [0.5, 0.6) is 5.75 Å². The van der Waals surface area contributed by atoms with Gasteiger partial charge in [0.05, 0.1) is 12.2 Å². The zero-order valence-corrected chi connectivity index (χ0v) is 9.67. The molecule has 15 heavy (non-hydrogen) atoms. The van der Waals surface area contributed by atoms with Crippen molar-refractivity contribution in [2.24, 2.45) is 5.73 Å². The van der Waals surface area contributed by atoms with Gasteiger partial charge in [-0.25, -0.2) is 0 Å². The molecule has 1 aromatic rings. The molecule has 1 aliphatic rings. The zero-order chi connectivity index (χ0) is 11.0. The van der Waals surface area contributed by atoms with E-state index in [9.17, 15) is 0 Å². The van der Waals surface area contributed by atoms with Crippen molar-refractivity contribution in [3.63, 3.8) is 0 Å². The first-order chi connectivity index (χ1) is 7.08. The van der Waals surface area contributed by atoms with E-state index < -0.39 is 0 Å². The predicted octanol–water partition coefficient (Wildman–Crippen LogP) is 1.83. The third kappa shape index (κ3) is 1.90. The highest BCUT2D eigenvalue weighted by molar-refractivity contribution is 7.80. The molecule has 1 atom stereocenters. The van der Waals surface area contributed by atoms with Crippen molar-refractivity contribution in [1.82, 2.24) is 0 Å². The van der Waals surface area contributed by atoms with E-state index in [2.05, 4.69) is 0 Å². The summed E-state index contributed by atoms with van der Waals surface area (Å²) in [6, 6.07) is 6.03. The molecule has 1 unspecified atom stereocenters. The Morgan fingerprint density at radius 1 is 1.60 bits per heavy atom. The number of fused-ring (bicyclic) bond motifs is 1. The molecule has 1 heterocycles. The average Bonchev–Trinajstić information content (AvgIpc) is 2.17. The van der Waals surface area contributed by atoms with Gasteiger partial charge in [0, 0.05) is 0 Å². The molecule has 1 aromatic carbocycles. The van der Waals surface area contributed by atoms with E-state index in [0.717, 1.165) is 11.4 Å². The number of rotatable bonds is 0. The van der Waals surface area contributed by atoms with Crippen LogP contribution in [0, 0.1) is 6.92 Å². The Bertz CT molecular complexity index is 406. The van der Waals surface area contributed by atoms with E-state index in [-0.39, 0.29) is 6.10 Å². The molecule has 0 radical (unpaired) electrons. The maximum Gasteiger partial charge on any atom is 0.171 e. The SMILES string of the molecule is Cc1ccc2c(c1)N(C(N)=S)CC(C)O2. The van der Waals surface area contributed by atoms with Crippen molar-refractivity contribution < 1.29 is 4.74 Å². The Morgan fingerprint density at radius 2 is 2.33 bits per heavy atom. The summed E-state index contributed by atoms with van der Waals surface area (Å²) in [7, 11) is 0. The van der Waals surface area contributed by atoms with Gasteiger partial charge in [-0.3, -0.25) is 0 Å². The molecule has 4 heteroatoms. The van der Waals surface area contributed by atoms with Crippen LogP contribution in [0.3, 0.4) is 0 Å². The molecule has 0 amide bonds. The van der Waals surface area contributed by atoms with Gasteiger partial charge in [-0.15, -0.1) is 0 Å². The van der Waals surface area contributed by atoms with Crippen molar-refractivity contribution >= 4 is 23.0 Å². The standard InChI is InChI=1S/C11H14N2OS/c1-7-3-4-10-9(5-7)13(11(12)15)6-8(2)14-10/h3-5,8H,6H2,1-2H3,(H2,12,15). The number of anilines is 1. The van der Waals surface area contributed by atoms with E-state index in [4.69, 9.17) is 22.7 Å². The molecule has 0 aliphatic carbocycles. The third-order valence-electron chi connectivity index (χ3n) is 2.44. The fraction of sp³-hybridized carbons (Fsp3) is 0.364. The van der Waals surface area contributed by atoms with E-state index in [1.165, 1.54) is 5.56 Å². The van der Waals surface area contributed by atoms with E-state index in [0.29, 0.717) is 11.7 Å². The van der Waals surface area contributed by atoms with Crippen molar-refractivity contribution in [2.45, 2.75) is 20.0 Å². The van der Waals surface area contributed by atoms with Gasteiger partial charge < -0.3 is 15.4 Å². The first-order valence-electron chi connectivity index (χ1n) is 4.92. The smallest absolute Gasteiger partial charge is 0.171 e. The van der Waals surface area contributed by atoms with Crippen LogP contribution in [0.1, 0.15) is 12.5 Å². The molecular formula is C11H14N2OS. The molecule has 3 nitrogen and oxygen atoms in total. The van der Waals surface area contributed by atoms with Crippen molar-refractivity contribution in [3.8, 4) is 5.75 Å². The van der Waals surface area contributed by atoms with E-state index in [1.807, 2.05) is 36.9 Å². The number of ether oxygens (including phenoxy) is 1. The number of hydrogen-bond acceptors (Lipinski definition) is 2. The minimum Gasteiger partial charge on any atom is -0.487 e. The minimum absolute atomic E-state index is 0.113. The summed E-state index contributed by atoms with van der Waals surface area (Å²) >= 11 is 5.04. The number of hydrogen-bond donors (Lipinski definition) is 1. The van der Waals surface area contributed by atoms with Crippen molar-refractivity contribution in [2.75, 3.05) is 11.4 Å². The largest absolute Gasteiger partial charge is 0.487 e. The van der Waals surface area contributed by atoms with Crippen LogP contribution in [-0.4, -0.2) is 17.8 Å². The molecule has 2 rings (SSSR count). The molecule has 0 aromatic heterocycles. The zero-order valence-electron chi connectivity index (χ0n) is 8.86. The molecule has 0 spiro atoms. The average molecular weight is 222 g/mol. The van der Waals surface area contributed by atoms with Gasteiger partial charge in [0.15, 0.2) is 5.11 Å². The lowest BCUT2D eigenvalue weighted by Crippen LogP contribution is -2.44. The van der Waals surface area contributed by atoms with Crippen LogP contribution < -0.4 is 15.4 Å². The maximum atomic E-state index is 5.71. The summed E-state index contributed by atoms with van der Waals surface area (Å²) in [6.07, 6.45) is 0.113. The highest BCUT2D eigenvalue weighted by atomic mass is 32.1. The summed E-state index contributed by atoms with van der Waals surface area (Å²) in [5.41, 5.74) is 7.84. The Balaban J connectivity index is 2.47. The summed E-state index contributed by atoms with van der Waals surface area (Å²) < 4.78 is 5.71. The van der Waals surface area contributed by atoms with Crippen LogP contribution in [0.2, 0.25) is 0 Å². The molecule has 0 saturated heterocycles. The van der Waals surface area contributed by atoms with Gasteiger partial charge in [0.1, 0.15) is 11.9 Å². The lowest BCUT2D eigenvalue weighted by atomic mass is 10.1. The Kier molecular flexibility index (Phi) is 2.52. The molecular weight excluding hydrogens is 208 g/mol. The first kappa shape index (κ1) is 10.2. The lowest BCUT2D eigenvalue weighted by molar-refractivity contribution is 0.219. The van der Waals surface area contributed by atoms with Gasteiger partial charge in [-0.2, -0.15) is 0 Å². The fourth-order valence-corrected chi connectivity index (χ4v) is 1.93. The summed E-state index contributed by atoms with van der Waals surface area (Å²) in [4.78, 5) is 1.92. The molecule has 80 valence electrons. The monoisotopic (exact) mass is 222 g/mol. The number of thiocarbonyl (C=S) groups is 1. The van der Waals surface area contributed by atoms with Crippen molar-refractivity contribution in [1.29, 1.82) is 0 Å². The maximum absolute atomic E-state index is 5.71. The van der Waals surface area contributed by atoms with Crippen LogP contribution in [0.4, 0.5) is 5.69 Å². The number of nitrogens with zero attached hydrogens (tertiary/aromatic N) is 1. The van der Waals surface area contributed by atoms with Gasteiger partial charge in [0.2, 0.25) is 0 Å². The van der Waals surface area contributed by atoms with Gasteiger partial charge in [0.25, 0.3) is 0 Å². The number of aryl methyl sites for hydroxylation is 1. The lowest BCUT2D eigenvalue weighted by Gasteiger charge is -2.33. The normalized spacial score (nSPS) is 19.3. The van der Waals surface area contributed by atoms with Gasteiger partial charge in [-0.1, -0.05) is 6.07 Å². The Morgan fingerprint density at radius 3 is 3.00 bits per heavy atom. The van der Waals surface area contributed by atoms with E-state index in [1.54, 1.807) is 0 Å². The first-order valence-corrected chi connectivity index (χ1v) is 5.33. The van der Waals surface area contributed by atoms with Crippen LogP contribution in [-0.2, 0) is 0 Å². The van der Waals surface area contributed by atoms with Crippen LogP contribution in [0.25, 0.3) is 0 Å². The molecule has 0 bridgehead atoms. The second kappa shape index (κ2) is 3.70. The van der Waals surface area contributed by atoms with E-state index >= 15 is 0 Å². The second-order valence-electron chi connectivity index (χ2n) is 3.85. The predicted molar refractivity (Wildman–Crippen MR) is 65.4 cm³/mol. The number of benzene rings is 1. The van der Waals surface area contributed by atoms with Gasteiger partial charge in [-0.05, 0) is 43.8 Å². The molecule has 0 saturated carbocycles. The molecule has 1 aliphatic heterocycles. The fourth-order valence-electron chi connectivity index (χ4n) is 1.76. The third-order valence-corrected chi connectivity index (χ3v) is 2.66. The van der Waals surface area contributed by atoms with Crippen LogP contribution in [0.15, 0.2) is 18.2 Å². The number of nitrogens with two attached hydrogens (primary N) is 1. The highest BCUT2D eigenvalue weighted by Gasteiger charge is 2.24. The minimum atomic E-state index is 0.113. The molecule has 0 fully saturated rings. The topological polar surface area (TPSA) is 38.5 Å². The Hall–Kier alpha value is -1.29. The Labute approximate surface area is 94.8 Å². The summed E-state index contributed by atoms with van der Waals surface area (Å²) in [6.45, 7) is 4.76. The highest BCUT2D eigenvalue weighted by Crippen LogP contribution is 2.33. The summed E-state index contributed by atoms with van der Waals surface area (Å²) in [5, 5.41) is 0.400. The van der Waals surface area contributed by atoms with Crippen molar-refractivity contribution in [3.05, 3.63) is 23.8 Å². The molecule has 2 N–H and O–H groups in total. The summed E-state index contributed by atoms with van der Waals surface area (Å²) in [5.74, 6) is 0.854. The quantitative estimate of drug-likeness (QED) is 0.680. The van der Waals surface area contributed by atoms with Gasteiger partial charge >= 0.3 is 0 Å².